The van der Waals surface area contributed by atoms with E-state index in [9.17, 15) is 29.4 Å². The van der Waals surface area contributed by atoms with Gasteiger partial charge in [0.15, 0.2) is 0 Å². The summed E-state index contributed by atoms with van der Waals surface area (Å²) in [6, 6.07) is 24.1. The Balaban J connectivity index is 1.15. The van der Waals surface area contributed by atoms with Gasteiger partial charge in [0.25, 0.3) is 0 Å². The Kier molecular flexibility index (Phi) is 12.2. The highest BCUT2D eigenvalue weighted by molar-refractivity contribution is 7.99. The summed E-state index contributed by atoms with van der Waals surface area (Å²) in [5.74, 6) is -2.90. The molecule has 2 N–H and O–H groups in total. The molecule has 8 rings (SSSR count). The third-order valence-corrected chi connectivity index (χ3v) is 14.1. The number of piperidine rings is 2. The highest BCUT2D eigenvalue weighted by Crippen LogP contribution is 2.47. The zero-order chi connectivity index (χ0) is 42.9. The molecule has 0 bridgehead atoms. The van der Waals surface area contributed by atoms with Gasteiger partial charge >= 0.3 is 11.9 Å². The first-order valence-electron chi connectivity index (χ1n) is 20.2. The van der Waals surface area contributed by atoms with Crippen LogP contribution in [0.1, 0.15) is 36.8 Å². The Hall–Kier alpha value is -5.75. The van der Waals surface area contributed by atoms with E-state index in [1.807, 2.05) is 96.3 Å². The number of carboxylic acids is 2. The predicted octanol–water partition coefficient (Wildman–Crippen LogP) is 10.1. The van der Waals surface area contributed by atoms with Crippen molar-refractivity contribution in [3.8, 4) is 22.3 Å². The van der Waals surface area contributed by atoms with Crippen molar-refractivity contribution in [2.75, 3.05) is 26.2 Å². The lowest BCUT2D eigenvalue weighted by Crippen LogP contribution is -2.39. The van der Waals surface area contributed by atoms with Gasteiger partial charge < -0.3 is 29.1 Å². The fraction of sp³-hybridized carbons (Fsp3) is 0.250. The second kappa shape index (κ2) is 17.7. The maximum absolute atomic E-state index is 13.3. The first-order chi connectivity index (χ1) is 29.4. The molecule has 10 nitrogen and oxygen atoms in total. The quantitative estimate of drug-likeness (QED) is 0.131. The third-order valence-electron chi connectivity index (χ3n) is 12.0. The molecule has 0 radical (unpaired) electrons. The van der Waals surface area contributed by atoms with Crippen molar-refractivity contribution in [3.05, 3.63) is 119 Å². The first-order valence-corrected chi connectivity index (χ1v) is 21.8. The fourth-order valence-electron chi connectivity index (χ4n) is 8.39. The molecule has 2 aromatic heterocycles. The SMILES string of the molecule is Cn1ccc2cc(-c3c(/C=C/C(=O)N4CCC(C(=O)O)CC4)ccc(Sc4ccc(/C=C/C(=O)N5CCC(C(=O)O)CC5)c(-c5ccc6c(ccn6C)c5)c4Cl)c3Cl)ccc21. The van der Waals surface area contributed by atoms with Gasteiger partial charge in [0.05, 0.1) is 21.9 Å². The molecule has 4 aromatic carbocycles. The van der Waals surface area contributed by atoms with Crippen molar-refractivity contribution in [1.82, 2.24) is 18.9 Å². The number of benzene rings is 4. The molecule has 61 heavy (non-hydrogen) atoms. The lowest BCUT2D eigenvalue weighted by Gasteiger charge is -2.29. The standard InChI is InChI=1S/C48H44Cl2N4O6S/c1-51-21-15-33-27-35(3-9-37(33)51)43-29(7-13-41(55)53-23-17-31(18-24-53)47(57)58)5-11-39(45(43)49)61-40-12-6-30(8-14-42(56)54-25-19-32(20-26-54)48(59)60)44(46(40)50)36-4-10-38-34(28-36)16-22-52(38)2/h3-16,21-22,27-28,31-32H,17-20,23-26H2,1-2H3,(H,57,58)(H,59,60)/b13-7+,14-8+. The number of fused-ring (bicyclic) bond motifs is 2. The molecule has 0 atom stereocenters. The van der Waals surface area contributed by atoms with E-state index in [1.54, 1.807) is 22.0 Å². The molecule has 2 saturated heterocycles. The fourth-order valence-corrected chi connectivity index (χ4v) is 10.1. The van der Waals surface area contributed by atoms with Crippen LogP contribution in [0.3, 0.4) is 0 Å². The number of aliphatic carboxylic acids is 2. The summed E-state index contributed by atoms with van der Waals surface area (Å²) < 4.78 is 4.10. The van der Waals surface area contributed by atoms with Crippen molar-refractivity contribution in [3.63, 3.8) is 0 Å². The number of likely N-dealkylation sites (tertiary alicyclic amines) is 2. The topological polar surface area (TPSA) is 125 Å². The van der Waals surface area contributed by atoms with Gasteiger partial charge in [-0.2, -0.15) is 0 Å². The summed E-state index contributed by atoms with van der Waals surface area (Å²) in [5.41, 5.74) is 6.88. The maximum atomic E-state index is 13.3. The Morgan fingerprint density at radius 2 is 0.984 bits per heavy atom. The monoisotopic (exact) mass is 874 g/mol. The Labute approximate surface area is 367 Å². The average Bonchev–Trinajstić information content (AvgIpc) is 3.83. The zero-order valence-corrected chi connectivity index (χ0v) is 36.0. The average molecular weight is 876 g/mol. The van der Waals surface area contributed by atoms with E-state index >= 15 is 0 Å². The van der Waals surface area contributed by atoms with Crippen LogP contribution in [-0.4, -0.2) is 79.1 Å². The second-order valence-electron chi connectivity index (χ2n) is 15.7. The van der Waals surface area contributed by atoms with Gasteiger partial charge in [0.2, 0.25) is 11.8 Å². The maximum Gasteiger partial charge on any atom is 0.306 e. The van der Waals surface area contributed by atoms with Crippen LogP contribution in [0, 0.1) is 11.8 Å². The number of aromatic nitrogens is 2. The minimum Gasteiger partial charge on any atom is -0.481 e. The van der Waals surface area contributed by atoms with Crippen molar-refractivity contribution >= 4 is 92.7 Å². The summed E-state index contributed by atoms with van der Waals surface area (Å²) in [6.07, 6.45) is 12.3. The molecule has 2 fully saturated rings. The molecule has 6 aromatic rings. The molecule has 4 heterocycles. The highest BCUT2D eigenvalue weighted by atomic mass is 35.5. The molecule has 0 aliphatic carbocycles. The smallest absolute Gasteiger partial charge is 0.306 e. The summed E-state index contributed by atoms with van der Waals surface area (Å²) >= 11 is 16.3. The minimum atomic E-state index is -0.825. The molecule has 2 aliphatic heterocycles. The van der Waals surface area contributed by atoms with Crippen LogP contribution in [0.2, 0.25) is 10.0 Å². The van der Waals surface area contributed by atoms with Crippen LogP contribution in [0.15, 0.2) is 107 Å². The van der Waals surface area contributed by atoms with Crippen molar-refractivity contribution < 1.29 is 29.4 Å². The van der Waals surface area contributed by atoms with Gasteiger partial charge in [0, 0.05) is 108 Å². The molecule has 0 spiro atoms. The van der Waals surface area contributed by atoms with Gasteiger partial charge in [-0.1, -0.05) is 59.2 Å². The summed E-state index contributed by atoms with van der Waals surface area (Å²) in [4.78, 5) is 54.5. The number of halogens is 2. The molecule has 2 aliphatic rings. The number of carbonyl (C=O) groups is 4. The summed E-state index contributed by atoms with van der Waals surface area (Å²) in [5, 5.41) is 21.9. The number of amides is 2. The third kappa shape index (κ3) is 8.73. The molecule has 0 saturated carbocycles. The predicted molar refractivity (Wildman–Crippen MR) is 243 cm³/mol. The van der Waals surface area contributed by atoms with E-state index in [-0.39, 0.29) is 11.8 Å². The Bertz CT molecular complexity index is 2590. The summed E-state index contributed by atoms with van der Waals surface area (Å²) in [6.45, 7) is 1.53. The van der Waals surface area contributed by atoms with Crippen LogP contribution < -0.4 is 0 Å². The van der Waals surface area contributed by atoms with Crippen LogP contribution in [-0.2, 0) is 33.3 Å². The van der Waals surface area contributed by atoms with Gasteiger partial charge in [-0.25, -0.2) is 0 Å². The molecular formula is C48H44Cl2N4O6S. The van der Waals surface area contributed by atoms with Crippen LogP contribution in [0.4, 0.5) is 0 Å². The Morgan fingerprint density at radius 1 is 0.590 bits per heavy atom. The number of nitrogens with zero attached hydrogens (tertiary/aromatic N) is 4. The van der Waals surface area contributed by atoms with E-state index in [0.717, 1.165) is 65.0 Å². The van der Waals surface area contributed by atoms with E-state index in [4.69, 9.17) is 23.2 Å². The molecule has 2 amide bonds. The number of hydrogen-bond donors (Lipinski definition) is 2. The number of aryl methyl sites for hydroxylation is 2. The normalized spacial score (nSPS) is 15.5. The van der Waals surface area contributed by atoms with Gasteiger partial charge in [-0.05, 0) is 109 Å². The van der Waals surface area contributed by atoms with E-state index < -0.39 is 23.8 Å². The number of carbonyl (C=O) groups excluding carboxylic acids is 2. The van der Waals surface area contributed by atoms with Crippen molar-refractivity contribution in [1.29, 1.82) is 0 Å². The first kappa shape index (κ1) is 42.0. The minimum absolute atomic E-state index is 0.186. The molecule has 13 heteroatoms. The Morgan fingerprint density at radius 3 is 1.36 bits per heavy atom. The largest absolute Gasteiger partial charge is 0.481 e. The second-order valence-corrected chi connectivity index (χ2v) is 17.6. The van der Waals surface area contributed by atoms with E-state index in [2.05, 4.69) is 12.1 Å². The van der Waals surface area contributed by atoms with Crippen LogP contribution in [0.5, 0.6) is 0 Å². The number of hydrogen-bond acceptors (Lipinski definition) is 5. The van der Waals surface area contributed by atoms with Crippen molar-refractivity contribution in [2.45, 2.75) is 35.5 Å². The van der Waals surface area contributed by atoms with E-state index in [0.29, 0.717) is 61.9 Å². The van der Waals surface area contributed by atoms with Crippen LogP contribution >= 0.6 is 35.0 Å². The lowest BCUT2D eigenvalue weighted by molar-refractivity contribution is -0.145. The van der Waals surface area contributed by atoms with Gasteiger partial charge in [-0.15, -0.1) is 0 Å². The molecule has 312 valence electrons. The molecular weight excluding hydrogens is 832 g/mol. The van der Waals surface area contributed by atoms with Crippen molar-refractivity contribution in [2.24, 2.45) is 25.9 Å². The number of rotatable bonds is 10. The highest BCUT2D eigenvalue weighted by Gasteiger charge is 2.28. The number of carboxylic acid groups (broad SMARTS) is 2. The summed E-state index contributed by atoms with van der Waals surface area (Å²) in [7, 11) is 3.99. The van der Waals surface area contributed by atoms with Gasteiger partial charge in [0.1, 0.15) is 0 Å². The lowest BCUT2D eigenvalue weighted by atomic mass is 9.96. The van der Waals surface area contributed by atoms with E-state index in [1.165, 1.54) is 23.9 Å². The zero-order valence-electron chi connectivity index (χ0n) is 33.7. The van der Waals surface area contributed by atoms with Gasteiger partial charge in [-0.3, -0.25) is 19.2 Å². The molecule has 0 unspecified atom stereocenters. The van der Waals surface area contributed by atoms with Crippen LogP contribution in [0.25, 0.3) is 56.2 Å².